The highest BCUT2D eigenvalue weighted by atomic mass is 32.1. The number of nitrogens with one attached hydrogen (secondary N) is 9. The average Bonchev–Trinajstić information content (AvgIpc) is 3.16. The second kappa shape index (κ2) is 26.7. The molecule has 0 aromatic carbocycles. The molecule has 0 saturated heterocycles. The van der Waals surface area contributed by atoms with Gasteiger partial charge in [0, 0.05) is 12.2 Å². The Balaban J connectivity index is 5.11. The Labute approximate surface area is 337 Å². The van der Waals surface area contributed by atoms with Crippen molar-refractivity contribution in [3.8, 4) is 0 Å². The van der Waals surface area contributed by atoms with Crippen molar-refractivity contribution in [3.63, 3.8) is 0 Å². The Morgan fingerprint density at radius 2 is 0.931 bits per heavy atom. The molecule has 9 amide bonds. The molecule has 0 spiro atoms. The lowest BCUT2D eigenvalue weighted by molar-refractivity contribution is -0.141. The number of thiol groups is 1. The first-order valence-corrected chi connectivity index (χ1v) is 18.3. The molecule has 7 atom stereocenters. The van der Waals surface area contributed by atoms with Crippen molar-refractivity contribution in [3.05, 3.63) is 0 Å². The van der Waals surface area contributed by atoms with Crippen LogP contribution < -0.4 is 53.6 Å². The Bertz CT molecular complexity index is 1550. The van der Waals surface area contributed by atoms with Gasteiger partial charge in [-0.2, -0.15) is 12.6 Å². The van der Waals surface area contributed by atoms with Crippen LogP contribution in [0.5, 0.6) is 0 Å². The molecule has 0 rings (SSSR count). The van der Waals surface area contributed by atoms with E-state index in [2.05, 4.69) is 55.2 Å². The van der Waals surface area contributed by atoms with Crippen LogP contribution in [0.4, 0.5) is 0 Å². The van der Waals surface area contributed by atoms with Gasteiger partial charge in [0.05, 0.1) is 32.1 Å². The topological polar surface area (TPSA) is 400 Å². The van der Waals surface area contributed by atoms with Gasteiger partial charge in [0.15, 0.2) is 0 Å². The minimum atomic E-state index is -1.78. The molecule has 0 aromatic heterocycles. The number of amides is 9. The zero-order chi connectivity index (χ0) is 44.7. The number of hydrogen-bond acceptors (Lipinski definition) is 14. The summed E-state index contributed by atoms with van der Waals surface area (Å²) >= 11 is 3.99. The first-order valence-electron chi connectivity index (χ1n) is 17.6. The molecule has 0 fully saturated rings. The van der Waals surface area contributed by atoms with Crippen molar-refractivity contribution in [1.29, 1.82) is 0 Å². The van der Waals surface area contributed by atoms with Crippen molar-refractivity contribution >= 4 is 83.7 Å². The minimum absolute atomic E-state index is 0.144. The summed E-state index contributed by atoms with van der Waals surface area (Å²) in [6.45, 7) is 3.11. The van der Waals surface area contributed by atoms with Crippen molar-refractivity contribution in [2.45, 2.75) is 89.6 Å². The van der Waals surface area contributed by atoms with Crippen molar-refractivity contribution in [1.82, 2.24) is 47.9 Å². The van der Waals surface area contributed by atoms with E-state index < -0.39 is 153 Å². The highest BCUT2D eigenvalue weighted by molar-refractivity contribution is 7.80. The first-order chi connectivity index (χ1) is 27.0. The van der Waals surface area contributed by atoms with E-state index in [0.29, 0.717) is 6.42 Å². The van der Waals surface area contributed by atoms with E-state index in [0.717, 1.165) is 6.92 Å². The van der Waals surface area contributed by atoms with Crippen LogP contribution in [0.15, 0.2) is 0 Å². The second-order valence-electron chi connectivity index (χ2n) is 12.7. The third-order valence-electron chi connectivity index (χ3n) is 7.91. The van der Waals surface area contributed by atoms with Crippen LogP contribution in [0.2, 0.25) is 0 Å². The molecule has 25 nitrogen and oxygen atoms in total. The summed E-state index contributed by atoms with van der Waals surface area (Å²) in [6.07, 6.45) is -1.33. The van der Waals surface area contributed by atoms with Crippen molar-refractivity contribution < 1.29 is 72.9 Å². The third kappa shape index (κ3) is 21.3. The van der Waals surface area contributed by atoms with Gasteiger partial charge in [-0.1, -0.05) is 20.3 Å². The van der Waals surface area contributed by atoms with Crippen LogP contribution >= 0.6 is 12.6 Å². The van der Waals surface area contributed by atoms with Gasteiger partial charge in [-0.05, 0) is 26.2 Å². The standard InChI is InChI=1S/C32H52N10O15S/c1-5-14(2)26(33)32(57)39-16(4)28(53)35-10-22(45)42-19(13-58)30(55)36-11-21(44)41-18(8-24(48)49)31(56)38-15(3)27(52)34-9-20(43)40-17(6-7-23(46)47)29(54)37-12-25(50)51/h14-19,26,58H,5-13,33H2,1-4H3,(H,34,52)(H,35,53)(H,36,55)(H,37,54)(H,38,56)(H,39,57)(H,40,43)(H,41,44)(H,42,45)(H,46,47)(H,48,49)(H,50,51)/t14-,15-,16-,17-,18-,19-,26-/m0/s1. The van der Waals surface area contributed by atoms with Crippen LogP contribution in [0.1, 0.15) is 53.4 Å². The van der Waals surface area contributed by atoms with Crippen LogP contribution in [-0.4, -0.2) is 155 Å². The van der Waals surface area contributed by atoms with Gasteiger partial charge in [0.2, 0.25) is 53.2 Å². The normalized spacial score (nSPS) is 14.2. The Morgan fingerprint density at radius 3 is 1.36 bits per heavy atom. The Hall–Kier alpha value is -6.05. The number of rotatable bonds is 27. The lowest BCUT2D eigenvalue weighted by atomic mass is 9.99. The summed E-state index contributed by atoms with van der Waals surface area (Å²) in [4.78, 5) is 145. The second-order valence-corrected chi connectivity index (χ2v) is 13.1. The predicted molar refractivity (Wildman–Crippen MR) is 201 cm³/mol. The van der Waals surface area contributed by atoms with Gasteiger partial charge in [-0.25, -0.2) is 0 Å². The number of carbonyl (C=O) groups excluding carboxylic acids is 9. The smallest absolute Gasteiger partial charge is 0.322 e. The minimum Gasteiger partial charge on any atom is -0.481 e. The molecular weight excluding hydrogens is 796 g/mol. The maximum atomic E-state index is 12.8. The van der Waals surface area contributed by atoms with E-state index in [4.69, 9.17) is 15.9 Å². The zero-order valence-corrected chi connectivity index (χ0v) is 33.1. The first kappa shape index (κ1) is 51.9. The highest BCUT2D eigenvalue weighted by Crippen LogP contribution is 2.05. The molecule has 0 bridgehead atoms. The zero-order valence-electron chi connectivity index (χ0n) is 32.2. The van der Waals surface area contributed by atoms with Gasteiger partial charge < -0.3 is 68.9 Å². The number of carbonyl (C=O) groups is 12. The fourth-order valence-electron chi connectivity index (χ4n) is 4.34. The molecule has 0 heterocycles. The highest BCUT2D eigenvalue weighted by Gasteiger charge is 2.29. The summed E-state index contributed by atoms with van der Waals surface area (Å²) in [6, 6.07) is -7.90. The van der Waals surface area contributed by atoms with E-state index in [1.807, 2.05) is 12.2 Å². The van der Waals surface area contributed by atoms with E-state index in [9.17, 15) is 62.6 Å². The van der Waals surface area contributed by atoms with E-state index in [-0.39, 0.29) is 11.7 Å². The lowest BCUT2D eigenvalue weighted by Crippen LogP contribution is -2.56. The number of carboxylic acids is 3. The number of nitrogens with two attached hydrogens (primary N) is 1. The van der Waals surface area contributed by atoms with E-state index in [1.54, 1.807) is 6.92 Å². The summed E-state index contributed by atoms with van der Waals surface area (Å²) in [7, 11) is 0. The monoisotopic (exact) mass is 848 g/mol. The quantitative estimate of drug-likeness (QED) is 0.0342. The number of hydrogen-bond donors (Lipinski definition) is 14. The molecular formula is C32H52N10O15S. The maximum Gasteiger partial charge on any atom is 0.322 e. The van der Waals surface area contributed by atoms with Gasteiger partial charge in [0.1, 0.15) is 36.8 Å². The number of aliphatic carboxylic acids is 3. The molecule has 14 N–H and O–H groups in total. The fraction of sp³-hybridized carbons (Fsp3) is 0.625. The summed E-state index contributed by atoms with van der Waals surface area (Å²) in [5, 5.41) is 46.6. The molecule has 58 heavy (non-hydrogen) atoms. The van der Waals surface area contributed by atoms with Crippen molar-refractivity contribution in [2.75, 3.05) is 31.9 Å². The van der Waals surface area contributed by atoms with Crippen LogP contribution in [0.3, 0.4) is 0 Å². The molecule has 0 saturated carbocycles. The molecule has 0 aliphatic carbocycles. The molecule has 326 valence electrons. The SMILES string of the molecule is CC[C@H](C)[C@H](N)C(=O)N[C@@H](C)C(=O)NCC(=O)N[C@@H](CS)C(=O)NCC(=O)N[C@@H](CC(=O)O)C(=O)N[C@@H](C)C(=O)NCC(=O)N[C@@H](CCC(=O)O)C(=O)NCC(=O)O. The van der Waals surface area contributed by atoms with Gasteiger partial charge in [-0.3, -0.25) is 57.5 Å². The molecule has 0 aliphatic rings. The third-order valence-corrected chi connectivity index (χ3v) is 8.28. The lowest BCUT2D eigenvalue weighted by Gasteiger charge is -2.21. The predicted octanol–water partition coefficient (Wildman–Crippen LogP) is -6.36. The molecule has 0 unspecified atom stereocenters. The van der Waals surface area contributed by atoms with Crippen molar-refractivity contribution in [2.24, 2.45) is 11.7 Å². The number of carboxylic acid groups (broad SMARTS) is 3. The molecule has 0 aromatic rings. The van der Waals surface area contributed by atoms with Gasteiger partial charge in [0.25, 0.3) is 0 Å². The van der Waals surface area contributed by atoms with Gasteiger partial charge in [-0.15, -0.1) is 0 Å². The Kier molecular flexibility index (Phi) is 23.9. The van der Waals surface area contributed by atoms with E-state index in [1.165, 1.54) is 6.92 Å². The van der Waals surface area contributed by atoms with Crippen LogP contribution in [0.25, 0.3) is 0 Å². The molecule has 0 radical (unpaired) electrons. The largest absolute Gasteiger partial charge is 0.481 e. The van der Waals surface area contributed by atoms with Crippen LogP contribution in [0, 0.1) is 5.92 Å². The Morgan fingerprint density at radius 1 is 0.517 bits per heavy atom. The molecule has 0 aliphatic heterocycles. The fourth-order valence-corrected chi connectivity index (χ4v) is 4.59. The average molecular weight is 849 g/mol. The van der Waals surface area contributed by atoms with E-state index >= 15 is 0 Å². The molecule has 26 heteroatoms. The van der Waals surface area contributed by atoms with Gasteiger partial charge >= 0.3 is 17.9 Å². The summed E-state index contributed by atoms with van der Waals surface area (Å²) in [5.74, 6) is -12.9. The summed E-state index contributed by atoms with van der Waals surface area (Å²) in [5.41, 5.74) is 5.85. The summed E-state index contributed by atoms with van der Waals surface area (Å²) < 4.78 is 0. The van der Waals surface area contributed by atoms with Crippen LogP contribution in [-0.2, 0) is 57.5 Å². The maximum absolute atomic E-state index is 12.8.